The van der Waals surface area contributed by atoms with E-state index in [4.69, 9.17) is 4.98 Å². The van der Waals surface area contributed by atoms with Gasteiger partial charge >= 0.3 is 0 Å². The van der Waals surface area contributed by atoms with Crippen molar-refractivity contribution in [3.05, 3.63) is 64.9 Å². The molecule has 0 saturated carbocycles. The van der Waals surface area contributed by atoms with E-state index >= 15 is 0 Å². The number of amides is 1. The predicted molar refractivity (Wildman–Crippen MR) is 153 cm³/mol. The van der Waals surface area contributed by atoms with E-state index in [1.807, 2.05) is 43.0 Å². The number of alkyl halides is 2. The third kappa shape index (κ3) is 4.90. The van der Waals surface area contributed by atoms with Crippen LogP contribution in [0.15, 0.2) is 36.7 Å². The average Bonchev–Trinajstić information content (AvgIpc) is 3.40. The second kappa shape index (κ2) is 11.1. The van der Waals surface area contributed by atoms with Gasteiger partial charge < -0.3 is 4.90 Å². The van der Waals surface area contributed by atoms with Crippen LogP contribution >= 0.6 is 40.5 Å². The number of nitrogens with zero attached hydrogens (tertiary/aromatic N) is 6. The summed E-state index contributed by atoms with van der Waals surface area (Å²) in [5, 5.41) is 5.18. The van der Waals surface area contributed by atoms with Gasteiger partial charge in [0.15, 0.2) is 0 Å². The van der Waals surface area contributed by atoms with Gasteiger partial charge in [-0.1, -0.05) is 12.1 Å². The maximum Gasteiger partial charge on any atom is 0.280 e. The molecule has 0 spiro atoms. The van der Waals surface area contributed by atoms with Crippen LogP contribution in [-0.4, -0.2) is 47.5 Å². The number of pyridine rings is 1. The van der Waals surface area contributed by atoms with Gasteiger partial charge in [-0.25, -0.2) is 18.3 Å². The molecule has 2 saturated heterocycles. The van der Waals surface area contributed by atoms with Gasteiger partial charge in [0.1, 0.15) is 12.0 Å². The molecule has 5 heterocycles. The number of halogens is 2. The number of piperidine rings is 1. The van der Waals surface area contributed by atoms with Crippen molar-refractivity contribution in [2.45, 2.75) is 64.0 Å². The lowest BCUT2D eigenvalue weighted by atomic mass is 9.86. The zero-order valence-corrected chi connectivity index (χ0v) is 23.4. The van der Waals surface area contributed by atoms with E-state index in [0.29, 0.717) is 17.0 Å². The molecular formula is C25H30F2N6OS3. The number of benzene rings is 1. The minimum Gasteiger partial charge on any atom is -0.332 e. The van der Waals surface area contributed by atoms with E-state index < -0.39 is 6.43 Å². The molecule has 198 valence electrons. The smallest absolute Gasteiger partial charge is 0.280 e. The first-order chi connectivity index (χ1) is 16.4. The summed E-state index contributed by atoms with van der Waals surface area (Å²) in [7, 11) is 0. The van der Waals surface area contributed by atoms with E-state index in [2.05, 4.69) is 15.1 Å². The van der Waals surface area contributed by atoms with E-state index in [-0.39, 0.29) is 75.9 Å². The Morgan fingerprint density at radius 3 is 2.51 bits per heavy atom. The largest absolute Gasteiger partial charge is 0.332 e. The lowest BCUT2D eigenvalue weighted by molar-refractivity contribution is 0.0552. The van der Waals surface area contributed by atoms with Gasteiger partial charge in [-0.2, -0.15) is 50.6 Å². The molecule has 2 bridgehead atoms. The summed E-state index contributed by atoms with van der Waals surface area (Å²) in [6.45, 7) is 3.89. The van der Waals surface area contributed by atoms with Crippen molar-refractivity contribution in [2.24, 2.45) is 0 Å². The molecule has 1 amide bonds. The van der Waals surface area contributed by atoms with E-state index in [9.17, 15) is 13.6 Å². The molecule has 0 aliphatic carbocycles. The molecule has 2 fully saturated rings. The fraction of sp³-hybridized carbons (Fsp3) is 0.400. The summed E-state index contributed by atoms with van der Waals surface area (Å²) in [4.78, 5) is 28.6. The average molecular weight is 565 g/mol. The lowest BCUT2D eigenvalue weighted by Gasteiger charge is -2.40. The van der Waals surface area contributed by atoms with E-state index in [1.54, 1.807) is 4.52 Å². The molecule has 1 aromatic carbocycles. The van der Waals surface area contributed by atoms with Crippen molar-refractivity contribution in [1.82, 2.24) is 29.5 Å². The Bertz CT molecular complexity index is 1450. The van der Waals surface area contributed by atoms with Gasteiger partial charge in [0.2, 0.25) is 0 Å². The van der Waals surface area contributed by atoms with Crippen LogP contribution in [0.25, 0.3) is 16.7 Å². The number of carbonyl (C=O) groups excluding carboxylic acids is 1. The highest BCUT2D eigenvalue weighted by molar-refractivity contribution is 7.59. The molecule has 0 radical (unpaired) electrons. The SMILES string of the molecule is Cc1ccc2cc(C(=O)N3[C@H]4CC[C@H](c5cc(C(F)F)nc6ncnn56)[C@@H]3CC4)c(C)nc2c1.S.S.S. The maximum atomic E-state index is 13.9. The monoisotopic (exact) mass is 564 g/mol. The Morgan fingerprint density at radius 1 is 1.00 bits per heavy atom. The molecule has 12 heteroatoms. The number of fused-ring (bicyclic) bond motifs is 4. The molecule has 0 N–H and O–H groups in total. The first-order valence-corrected chi connectivity index (χ1v) is 11.6. The quantitative estimate of drug-likeness (QED) is 0.346. The molecule has 3 aromatic heterocycles. The van der Waals surface area contributed by atoms with Crippen LogP contribution < -0.4 is 0 Å². The van der Waals surface area contributed by atoms with Gasteiger partial charge in [0, 0.05) is 23.4 Å². The topological polar surface area (TPSA) is 76.3 Å². The third-order valence-corrected chi connectivity index (χ3v) is 7.35. The zero-order valence-electron chi connectivity index (χ0n) is 20.4. The van der Waals surface area contributed by atoms with E-state index in [1.165, 1.54) is 12.4 Å². The van der Waals surface area contributed by atoms with Crippen molar-refractivity contribution < 1.29 is 13.6 Å². The highest BCUT2D eigenvalue weighted by atomic mass is 32.1. The van der Waals surface area contributed by atoms with Gasteiger partial charge in [-0.15, -0.1) is 0 Å². The van der Waals surface area contributed by atoms with Crippen LogP contribution in [0.2, 0.25) is 0 Å². The van der Waals surface area contributed by atoms with Crippen LogP contribution in [-0.2, 0) is 0 Å². The number of aryl methyl sites for hydroxylation is 2. The van der Waals surface area contributed by atoms with Gasteiger partial charge in [0.05, 0.1) is 22.5 Å². The molecule has 0 unspecified atom stereocenters. The van der Waals surface area contributed by atoms with Gasteiger partial charge in [-0.3, -0.25) is 9.78 Å². The van der Waals surface area contributed by atoms with Crippen LogP contribution in [0, 0.1) is 13.8 Å². The second-order valence-corrected chi connectivity index (χ2v) is 9.39. The van der Waals surface area contributed by atoms with Crippen LogP contribution in [0.1, 0.15) is 71.0 Å². The summed E-state index contributed by atoms with van der Waals surface area (Å²) < 4.78 is 28.7. The number of hydrogen-bond donors (Lipinski definition) is 0. The second-order valence-electron chi connectivity index (χ2n) is 9.39. The standard InChI is InChI=1S/C25H24F2N6O.3H2S/c1-13-3-4-15-10-18(14(2)30-19(15)9-13)24(34)32-16-5-7-17(21(32)8-6-16)22-11-20(23(26)27)31-25-28-12-29-33(22)25;;;/h3-4,9-12,16-17,21,23H,5-8H2,1-2H3;3*1H2/t16-,17-,21-;;;/m0.../s1. The molecule has 7 nitrogen and oxygen atoms in total. The van der Waals surface area contributed by atoms with Gasteiger partial charge in [0.25, 0.3) is 18.1 Å². The number of aromatic nitrogens is 5. The minimum atomic E-state index is -2.70. The molecule has 2 aliphatic heterocycles. The molecule has 6 rings (SSSR count). The zero-order chi connectivity index (χ0) is 23.6. The summed E-state index contributed by atoms with van der Waals surface area (Å²) in [5.74, 6) is 0.00193. The minimum absolute atomic E-state index is 0. The van der Waals surface area contributed by atoms with Crippen molar-refractivity contribution in [2.75, 3.05) is 0 Å². The van der Waals surface area contributed by atoms with Crippen molar-refractivity contribution in [3.8, 4) is 0 Å². The Kier molecular flexibility index (Phi) is 8.75. The summed E-state index contributed by atoms with van der Waals surface area (Å²) in [5.41, 5.74) is 3.63. The molecule has 4 aromatic rings. The third-order valence-electron chi connectivity index (χ3n) is 7.35. The Hall–Kier alpha value is -2.44. The molecular weight excluding hydrogens is 535 g/mol. The molecule has 37 heavy (non-hydrogen) atoms. The number of rotatable bonds is 3. The highest BCUT2D eigenvalue weighted by Crippen LogP contribution is 2.45. The van der Waals surface area contributed by atoms with Crippen LogP contribution in [0.4, 0.5) is 8.78 Å². The first-order valence-electron chi connectivity index (χ1n) is 11.6. The lowest BCUT2D eigenvalue weighted by Crippen LogP contribution is -2.48. The summed E-state index contributed by atoms with van der Waals surface area (Å²) >= 11 is 0. The Balaban J connectivity index is 0.00000127. The first kappa shape index (κ1) is 29.1. The Labute approximate surface area is 234 Å². The van der Waals surface area contributed by atoms with Crippen molar-refractivity contribution >= 4 is 63.1 Å². The molecule has 2 aliphatic rings. The number of carbonyl (C=O) groups is 1. The van der Waals surface area contributed by atoms with E-state index in [0.717, 1.165) is 42.1 Å². The summed E-state index contributed by atoms with van der Waals surface area (Å²) in [6.07, 6.45) is 1.97. The van der Waals surface area contributed by atoms with Crippen molar-refractivity contribution in [1.29, 1.82) is 0 Å². The van der Waals surface area contributed by atoms with Crippen molar-refractivity contribution in [3.63, 3.8) is 0 Å². The predicted octanol–water partition coefficient (Wildman–Crippen LogP) is 5.12. The number of hydrogen-bond acceptors (Lipinski definition) is 5. The molecule has 3 atom stereocenters. The van der Waals surface area contributed by atoms with Gasteiger partial charge in [-0.05, 0) is 63.3 Å². The van der Waals surface area contributed by atoms with Crippen LogP contribution in [0.3, 0.4) is 0 Å². The van der Waals surface area contributed by atoms with Crippen LogP contribution in [0.5, 0.6) is 0 Å². The maximum absolute atomic E-state index is 13.9. The fourth-order valence-electron chi connectivity index (χ4n) is 5.78. The highest BCUT2D eigenvalue weighted by Gasteiger charge is 2.46. The normalized spacial score (nSPS) is 20.5. The summed E-state index contributed by atoms with van der Waals surface area (Å²) in [6, 6.07) is 9.44. The Morgan fingerprint density at radius 2 is 1.76 bits per heavy atom. The fourth-order valence-corrected chi connectivity index (χ4v) is 5.78.